The van der Waals surface area contributed by atoms with Gasteiger partial charge in [0.1, 0.15) is 0 Å². The Morgan fingerprint density at radius 2 is 1.94 bits per heavy atom. The van der Waals surface area contributed by atoms with Gasteiger partial charge in [-0.2, -0.15) is 0 Å². The molecule has 0 saturated carbocycles. The van der Waals surface area contributed by atoms with Crippen LogP contribution in [0.15, 0.2) is 30.3 Å². The fourth-order valence-electron chi connectivity index (χ4n) is 1.83. The van der Waals surface area contributed by atoms with Crippen molar-refractivity contribution in [3.63, 3.8) is 0 Å². The standard InChI is InChI=1S/C13H19ClO2/c1-16-11-5-8-13(15,9-10-14)12-6-3-2-4-7-12/h2-4,6-7,15H,5,8-11H2,1H3. The molecule has 90 valence electrons. The highest BCUT2D eigenvalue weighted by molar-refractivity contribution is 6.17. The summed E-state index contributed by atoms with van der Waals surface area (Å²) in [5, 5.41) is 10.6. The normalized spacial score (nSPS) is 14.7. The van der Waals surface area contributed by atoms with Gasteiger partial charge in [-0.15, -0.1) is 11.6 Å². The molecule has 0 aromatic heterocycles. The minimum Gasteiger partial charge on any atom is -0.385 e. The van der Waals surface area contributed by atoms with Crippen molar-refractivity contribution in [2.45, 2.75) is 24.9 Å². The summed E-state index contributed by atoms with van der Waals surface area (Å²) in [6.45, 7) is 0.664. The lowest BCUT2D eigenvalue weighted by Gasteiger charge is -2.28. The Balaban J connectivity index is 2.71. The van der Waals surface area contributed by atoms with Crippen LogP contribution in [0.1, 0.15) is 24.8 Å². The predicted octanol–water partition coefficient (Wildman–Crippen LogP) is 2.93. The molecule has 0 aliphatic heterocycles. The third-order valence-corrected chi connectivity index (χ3v) is 2.95. The number of methoxy groups -OCH3 is 1. The van der Waals surface area contributed by atoms with Gasteiger partial charge in [0.2, 0.25) is 0 Å². The average Bonchev–Trinajstić information content (AvgIpc) is 2.31. The number of benzene rings is 1. The molecule has 0 saturated heterocycles. The van der Waals surface area contributed by atoms with Gasteiger partial charge in [0.15, 0.2) is 0 Å². The van der Waals surface area contributed by atoms with Crippen molar-refractivity contribution in [3.05, 3.63) is 35.9 Å². The Labute approximate surface area is 102 Å². The summed E-state index contributed by atoms with van der Waals surface area (Å²) in [6.07, 6.45) is 2.08. The van der Waals surface area contributed by atoms with Crippen LogP contribution in [-0.2, 0) is 10.3 Å². The molecule has 0 radical (unpaired) electrons. The van der Waals surface area contributed by atoms with Gasteiger partial charge in [0, 0.05) is 19.6 Å². The number of alkyl halides is 1. The first-order valence-corrected chi connectivity index (χ1v) is 6.09. The summed E-state index contributed by atoms with van der Waals surface area (Å²) in [5.74, 6) is 0.457. The first-order chi connectivity index (χ1) is 7.73. The van der Waals surface area contributed by atoms with Gasteiger partial charge in [-0.3, -0.25) is 0 Å². The van der Waals surface area contributed by atoms with E-state index in [1.54, 1.807) is 7.11 Å². The number of ether oxygens (including phenoxy) is 1. The van der Waals surface area contributed by atoms with Crippen LogP contribution in [0, 0.1) is 0 Å². The summed E-state index contributed by atoms with van der Waals surface area (Å²) in [6, 6.07) is 9.70. The molecule has 0 aliphatic rings. The van der Waals surface area contributed by atoms with Crippen LogP contribution in [0.3, 0.4) is 0 Å². The van der Waals surface area contributed by atoms with Gasteiger partial charge in [0.05, 0.1) is 5.60 Å². The Kier molecular flexibility index (Phi) is 5.81. The molecule has 0 amide bonds. The van der Waals surface area contributed by atoms with Crippen molar-refractivity contribution in [3.8, 4) is 0 Å². The Morgan fingerprint density at radius 3 is 2.50 bits per heavy atom. The average molecular weight is 243 g/mol. The molecular formula is C13H19ClO2. The number of hydrogen-bond donors (Lipinski definition) is 1. The lowest BCUT2D eigenvalue weighted by molar-refractivity contribution is 0.0155. The molecule has 16 heavy (non-hydrogen) atoms. The third kappa shape index (κ3) is 3.78. The Bertz CT molecular complexity index is 289. The first-order valence-electron chi connectivity index (χ1n) is 5.56. The number of hydrogen-bond acceptors (Lipinski definition) is 2. The molecule has 0 fully saturated rings. The van der Waals surface area contributed by atoms with E-state index in [0.29, 0.717) is 25.3 Å². The smallest absolute Gasteiger partial charge is 0.0908 e. The zero-order valence-electron chi connectivity index (χ0n) is 9.66. The van der Waals surface area contributed by atoms with Crippen LogP contribution in [0.5, 0.6) is 0 Å². The van der Waals surface area contributed by atoms with E-state index in [-0.39, 0.29) is 0 Å². The van der Waals surface area contributed by atoms with Crippen molar-refractivity contribution in [2.75, 3.05) is 19.6 Å². The van der Waals surface area contributed by atoms with Crippen LogP contribution < -0.4 is 0 Å². The van der Waals surface area contributed by atoms with E-state index >= 15 is 0 Å². The van der Waals surface area contributed by atoms with E-state index in [9.17, 15) is 5.11 Å². The Hall–Kier alpha value is -0.570. The van der Waals surface area contributed by atoms with E-state index < -0.39 is 5.60 Å². The summed E-state index contributed by atoms with van der Waals surface area (Å²) in [7, 11) is 1.67. The zero-order chi connectivity index (χ0) is 11.9. The predicted molar refractivity (Wildman–Crippen MR) is 66.8 cm³/mol. The topological polar surface area (TPSA) is 29.5 Å². The molecule has 1 unspecified atom stereocenters. The van der Waals surface area contributed by atoms with Gasteiger partial charge in [-0.25, -0.2) is 0 Å². The lowest BCUT2D eigenvalue weighted by atomic mass is 9.87. The number of rotatable bonds is 7. The fourth-order valence-corrected chi connectivity index (χ4v) is 2.14. The minimum absolute atomic E-state index is 0.457. The Morgan fingerprint density at radius 1 is 1.25 bits per heavy atom. The molecule has 1 aromatic rings. The molecule has 0 spiro atoms. The van der Waals surface area contributed by atoms with Crippen molar-refractivity contribution in [1.82, 2.24) is 0 Å². The summed E-state index contributed by atoms with van der Waals surface area (Å²) >= 11 is 5.76. The zero-order valence-corrected chi connectivity index (χ0v) is 10.4. The molecular weight excluding hydrogens is 224 g/mol. The van der Waals surface area contributed by atoms with E-state index in [4.69, 9.17) is 16.3 Å². The summed E-state index contributed by atoms with van der Waals surface area (Å²) in [4.78, 5) is 0. The van der Waals surface area contributed by atoms with E-state index in [0.717, 1.165) is 12.0 Å². The SMILES string of the molecule is COCCCC(O)(CCCl)c1ccccc1. The van der Waals surface area contributed by atoms with E-state index in [1.165, 1.54) is 0 Å². The quantitative estimate of drug-likeness (QED) is 0.589. The molecule has 0 aliphatic carbocycles. The molecule has 0 bridgehead atoms. The highest BCUT2D eigenvalue weighted by atomic mass is 35.5. The maximum absolute atomic E-state index is 10.6. The minimum atomic E-state index is -0.818. The molecule has 3 heteroatoms. The van der Waals surface area contributed by atoms with Gasteiger partial charge in [-0.05, 0) is 24.8 Å². The second kappa shape index (κ2) is 6.89. The van der Waals surface area contributed by atoms with Gasteiger partial charge >= 0.3 is 0 Å². The van der Waals surface area contributed by atoms with Crippen LogP contribution in [-0.4, -0.2) is 24.7 Å². The maximum Gasteiger partial charge on any atom is 0.0908 e. The number of aliphatic hydroxyl groups is 1. The molecule has 1 atom stereocenters. The first kappa shape index (κ1) is 13.5. The fraction of sp³-hybridized carbons (Fsp3) is 0.538. The monoisotopic (exact) mass is 242 g/mol. The molecule has 1 aromatic carbocycles. The third-order valence-electron chi connectivity index (χ3n) is 2.76. The van der Waals surface area contributed by atoms with Crippen LogP contribution in [0.2, 0.25) is 0 Å². The summed E-state index contributed by atoms with van der Waals surface area (Å²) < 4.78 is 5.01. The molecule has 1 rings (SSSR count). The van der Waals surface area contributed by atoms with Gasteiger partial charge in [0.25, 0.3) is 0 Å². The van der Waals surface area contributed by atoms with E-state index in [1.807, 2.05) is 30.3 Å². The van der Waals surface area contributed by atoms with Crippen molar-refractivity contribution < 1.29 is 9.84 Å². The highest BCUT2D eigenvalue weighted by Gasteiger charge is 2.27. The molecule has 0 heterocycles. The summed E-state index contributed by atoms with van der Waals surface area (Å²) in [5.41, 5.74) is 0.119. The second-order valence-corrected chi connectivity index (χ2v) is 4.31. The van der Waals surface area contributed by atoms with Gasteiger partial charge in [-0.1, -0.05) is 30.3 Å². The molecule has 1 N–H and O–H groups in total. The lowest BCUT2D eigenvalue weighted by Crippen LogP contribution is -2.26. The maximum atomic E-state index is 10.6. The van der Waals surface area contributed by atoms with Crippen LogP contribution >= 0.6 is 11.6 Å². The molecule has 2 nitrogen and oxygen atoms in total. The van der Waals surface area contributed by atoms with E-state index in [2.05, 4.69) is 0 Å². The van der Waals surface area contributed by atoms with Crippen molar-refractivity contribution >= 4 is 11.6 Å². The largest absolute Gasteiger partial charge is 0.385 e. The number of halogens is 1. The van der Waals surface area contributed by atoms with Crippen molar-refractivity contribution in [1.29, 1.82) is 0 Å². The van der Waals surface area contributed by atoms with Crippen LogP contribution in [0.25, 0.3) is 0 Å². The second-order valence-electron chi connectivity index (χ2n) is 3.93. The van der Waals surface area contributed by atoms with Gasteiger partial charge < -0.3 is 9.84 Å². The highest BCUT2D eigenvalue weighted by Crippen LogP contribution is 2.30. The van der Waals surface area contributed by atoms with Crippen molar-refractivity contribution in [2.24, 2.45) is 0 Å². The van der Waals surface area contributed by atoms with Crippen LogP contribution in [0.4, 0.5) is 0 Å².